The van der Waals surface area contributed by atoms with Crippen LogP contribution < -0.4 is 5.73 Å². The number of piperidine rings is 1. The number of likely N-dealkylation sites (tertiary alicyclic amines) is 2. The van der Waals surface area contributed by atoms with Gasteiger partial charge in [-0.05, 0) is 57.5 Å². The molecule has 0 atom stereocenters. The van der Waals surface area contributed by atoms with Crippen LogP contribution in [0.15, 0.2) is 0 Å². The van der Waals surface area contributed by atoms with Crippen LogP contribution in [0.5, 0.6) is 0 Å². The van der Waals surface area contributed by atoms with Gasteiger partial charge in [0.25, 0.3) is 0 Å². The van der Waals surface area contributed by atoms with Crippen molar-refractivity contribution >= 4 is 5.91 Å². The second kappa shape index (κ2) is 7.28. The Morgan fingerprint density at radius 3 is 2.32 bits per heavy atom. The molecule has 0 aliphatic carbocycles. The normalized spacial score (nSPS) is 27.2. The zero-order chi connectivity index (χ0) is 15.4. The van der Waals surface area contributed by atoms with E-state index in [9.17, 15) is 4.79 Å². The molecule has 5 nitrogen and oxygen atoms in total. The van der Waals surface area contributed by atoms with Crippen molar-refractivity contribution in [2.75, 3.05) is 52.5 Å². The second-order valence-electron chi connectivity index (χ2n) is 7.34. The Balaban J connectivity index is 1.50. The van der Waals surface area contributed by atoms with Crippen LogP contribution in [0.3, 0.4) is 0 Å². The monoisotopic (exact) mass is 309 g/mol. The molecule has 2 N–H and O–H groups in total. The molecule has 22 heavy (non-hydrogen) atoms. The molecule has 0 spiro atoms. The molecule has 3 aliphatic heterocycles. The van der Waals surface area contributed by atoms with Gasteiger partial charge >= 0.3 is 0 Å². The first-order chi connectivity index (χ1) is 10.7. The highest BCUT2D eigenvalue weighted by molar-refractivity contribution is 5.83. The Labute approximate surface area is 134 Å². The molecule has 0 aromatic carbocycles. The lowest BCUT2D eigenvalue weighted by Crippen LogP contribution is -2.53. The van der Waals surface area contributed by atoms with E-state index in [1.165, 1.54) is 32.5 Å². The maximum absolute atomic E-state index is 12.9. The van der Waals surface area contributed by atoms with Crippen LogP contribution in [0, 0.1) is 11.3 Å². The van der Waals surface area contributed by atoms with E-state index < -0.39 is 0 Å². The van der Waals surface area contributed by atoms with E-state index in [1.807, 2.05) is 0 Å². The highest BCUT2D eigenvalue weighted by Crippen LogP contribution is 2.33. The number of hydrogen-bond acceptors (Lipinski definition) is 4. The number of nitrogens with two attached hydrogens (primary N) is 1. The summed E-state index contributed by atoms with van der Waals surface area (Å²) in [5.74, 6) is 1.06. The number of hydrogen-bond donors (Lipinski definition) is 1. The minimum absolute atomic E-state index is 0.290. The van der Waals surface area contributed by atoms with Crippen molar-refractivity contribution in [2.45, 2.75) is 38.5 Å². The number of nitrogens with zero attached hydrogens (tertiary/aromatic N) is 2. The first kappa shape index (κ1) is 16.2. The van der Waals surface area contributed by atoms with Gasteiger partial charge in [0.2, 0.25) is 5.91 Å². The topological polar surface area (TPSA) is 58.8 Å². The van der Waals surface area contributed by atoms with Crippen LogP contribution in [0.4, 0.5) is 0 Å². The first-order valence-corrected chi connectivity index (χ1v) is 9.03. The predicted molar refractivity (Wildman–Crippen MR) is 86.5 cm³/mol. The standard InChI is InChI=1S/C17H31N3O2/c18-14-17(5-11-22-12-6-17)16(21)20-9-3-15(4-10-20)13-19-7-1-2-8-19/h15H,1-14,18H2. The van der Waals surface area contributed by atoms with Gasteiger partial charge in [0, 0.05) is 39.4 Å². The molecule has 0 saturated carbocycles. The molecular formula is C17H31N3O2. The molecular weight excluding hydrogens is 278 g/mol. The Bertz CT molecular complexity index is 368. The van der Waals surface area contributed by atoms with Crippen molar-refractivity contribution in [1.29, 1.82) is 0 Å². The van der Waals surface area contributed by atoms with E-state index in [0.717, 1.165) is 44.7 Å². The molecule has 0 aromatic heterocycles. The van der Waals surface area contributed by atoms with Crippen LogP contribution in [-0.4, -0.2) is 68.2 Å². The minimum atomic E-state index is -0.347. The van der Waals surface area contributed by atoms with Gasteiger partial charge in [-0.15, -0.1) is 0 Å². The number of carbonyl (C=O) groups is 1. The van der Waals surface area contributed by atoms with E-state index >= 15 is 0 Å². The third kappa shape index (κ3) is 3.47. The summed E-state index contributed by atoms with van der Waals surface area (Å²) in [6.45, 7) is 7.42. The lowest BCUT2D eigenvalue weighted by molar-refractivity contribution is -0.148. The largest absolute Gasteiger partial charge is 0.381 e. The van der Waals surface area contributed by atoms with Crippen LogP contribution in [0.1, 0.15) is 38.5 Å². The van der Waals surface area contributed by atoms with Gasteiger partial charge in [0.05, 0.1) is 5.41 Å². The number of rotatable bonds is 4. The number of amides is 1. The quantitative estimate of drug-likeness (QED) is 0.844. The van der Waals surface area contributed by atoms with E-state index in [2.05, 4.69) is 9.80 Å². The first-order valence-electron chi connectivity index (χ1n) is 9.03. The zero-order valence-corrected chi connectivity index (χ0v) is 13.8. The molecule has 0 radical (unpaired) electrons. The fourth-order valence-electron chi connectivity index (χ4n) is 4.25. The molecule has 0 bridgehead atoms. The molecule has 3 heterocycles. The van der Waals surface area contributed by atoms with Crippen molar-refractivity contribution in [3.63, 3.8) is 0 Å². The summed E-state index contributed by atoms with van der Waals surface area (Å²) < 4.78 is 5.42. The van der Waals surface area contributed by atoms with Gasteiger partial charge in [-0.2, -0.15) is 0 Å². The summed E-state index contributed by atoms with van der Waals surface area (Å²) in [7, 11) is 0. The van der Waals surface area contributed by atoms with Crippen molar-refractivity contribution in [3.05, 3.63) is 0 Å². The van der Waals surface area contributed by atoms with Crippen molar-refractivity contribution in [3.8, 4) is 0 Å². The molecule has 3 aliphatic rings. The van der Waals surface area contributed by atoms with E-state index in [1.54, 1.807) is 0 Å². The SMILES string of the molecule is NCC1(C(=O)N2CCC(CN3CCCC3)CC2)CCOCC1. The maximum Gasteiger partial charge on any atom is 0.230 e. The number of carbonyl (C=O) groups excluding carboxylic acids is 1. The molecule has 1 amide bonds. The summed E-state index contributed by atoms with van der Waals surface area (Å²) >= 11 is 0. The molecule has 3 saturated heterocycles. The highest BCUT2D eigenvalue weighted by atomic mass is 16.5. The smallest absolute Gasteiger partial charge is 0.230 e. The molecule has 5 heteroatoms. The molecule has 3 rings (SSSR count). The van der Waals surface area contributed by atoms with Crippen LogP contribution in [0.25, 0.3) is 0 Å². The van der Waals surface area contributed by atoms with Gasteiger partial charge in [-0.25, -0.2) is 0 Å². The highest BCUT2D eigenvalue weighted by Gasteiger charge is 2.42. The van der Waals surface area contributed by atoms with Crippen molar-refractivity contribution in [2.24, 2.45) is 17.1 Å². The van der Waals surface area contributed by atoms with Crippen molar-refractivity contribution in [1.82, 2.24) is 9.80 Å². The Kier molecular flexibility index (Phi) is 5.37. The van der Waals surface area contributed by atoms with Gasteiger partial charge in [-0.1, -0.05) is 0 Å². The van der Waals surface area contributed by atoms with Crippen molar-refractivity contribution < 1.29 is 9.53 Å². The average Bonchev–Trinajstić information content (AvgIpc) is 3.08. The van der Waals surface area contributed by atoms with Gasteiger partial charge < -0.3 is 20.3 Å². The van der Waals surface area contributed by atoms with E-state index in [4.69, 9.17) is 10.5 Å². The fourth-order valence-corrected chi connectivity index (χ4v) is 4.25. The lowest BCUT2D eigenvalue weighted by Gasteiger charge is -2.41. The fraction of sp³-hybridized carbons (Fsp3) is 0.941. The Morgan fingerprint density at radius 1 is 1.09 bits per heavy atom. The van der Waals surface area contributed by atoms with E-state index in [-0.39, 0.29) is 11.3 Å². The summed E-state index contributed by atoms with van der Waals surface area (Å²) in [6, 6.07) is 0. The lowest BCUT2D eigenvalue weighted by atomic mass is 9.78. The molecule has 0 unspecified atom stereocenters. The molecule has 126 valence electrons. The summed E-state index contributed by atoms with van der Waals surface area (Å²) in [4.78, 5) is 17.6. The Morgan fingerprint density at radius 2 is 1.73 bits per heavy atom. The van der Waals surface area contributed by atoms with Crippen LogP contribution >= 0.6 is 0 Å². The maximum atomic E-state index is 12.9. The summed E-state index contributed by atoms with van der Waals surface area (Å²) in [5, 5.41) is 0. The summed E-state index contributed by atoms with van der Waals surface area (Å²) in [5.41, 5.74) is 5.63. The predicted octanol–water partition coefficient (Wildman–Crippen LogP) is 1.08. The third-order valence-electron chi connectivity index (χ3n) is 5.91. The van der Waals surface area contributed by atoms with Gasteiger partial charge in [0.15, 0.2) is 0 Å². The number of ether oxygens (including phenoxy) is 1. The van der Waals surface area contributed by atoms with Crippen LogP contribution in [-0.2, 0) is 9.53 Å². The zero-order valence-electron chi connectivity index (χ0n) is 13.8. The third-order valence-corrected chi connectivity index (χ3v) is 5.91. The van der Waals surface area contributed by atoms with Gasteiger partial charge in [-0.3, -0.25) is 4.79 Å². The molecule has 0 aromatic rings. The van der Waals surface area contributed by atoms with Crippen LogP contribution in [0.2, 0.25) is 0 Å². The molecule has 3 fully saturated rings. The second-order valence-corrected chi connectivity index (χ2v) is 7.34. The minimum Gasteiger partial charge on any atom is -0.381 e. The Hall–Kier alpha value is -0.650. The average molecular weight is 309 g/mol. The van der Waals surface area contributed by atoms with Gasteiger partial charge in [0.1, 0.15) is 0 Å². The van der Waals surface area contributed by atoms with E-state index in [0.29, 0.717) is 19.8 Å². The summed E-state index contributed by atoms with van der Waals surface area (Å²) in [6.07, 6.45) is 6.60.